The third kappa shape index (κ3) is 4.09. The molecule has 2 rings (SSSR count). The van der Waals surface area contributed by atoms with E-state index < -0.39 is 0 Å². The first-order valence-electron chi connectivity index (χ1n) is 7.99. The smallest absolute Gasteiger partial charge is 0.226 e. The topological polar surface area (TPSA) is 47.0 Å². The Bertz CT molecular complexity index is 422. The predicted octanol–water partition coefficient (Wildman–Crippen LogP) is 3.95. The lowest BCUT2D eigenvalue weighted by Crippen LogP contribution is -2.30. The van der Waals surface area contributed by atoms with Gasteiger partial charge >= 0.3 is 0 Å². The van der Waals surface area contributed by atoms with E-state index in [1.807, 2.05) is 13.0 Å². The average molecular weight is 277 g/mol. The van der Waals surface area contributed by atoms with Gasteiger partial charge < -0.3 is 10.1 Å². The van der Waals surface area contributed by atoms with Gasteiger partial charge in [-0.05, 0) is 44.9 Å². The Morgan fingerprint density at radius 3 is 2.80 bits per heavy atom. The van der Waals surface area contributed by atoms with Crippen molar-refractivity contribution in [1.29, 1.82) is 0 Å². The van der Waals surface area contributed by atoms with Gasteiger partial charge in [0.05, 0.1) is 0 Å². The average Bonchev–Trinajstić information content (AvgIpc) is 2.45. The molecule has 4 heteroatoms. The number of anilines is 1. The van der Waals surface area contributed by atoms with Gasteiger partial charge in [-0.2, -0.15) is 4.98 Å². The normalized spacial score (nSPS) is 22.6. The van der Waals surface area contributed by atoms with E-state index in [2.05, 4.69) is 29.1 Å². The van der Waals surface area contributed by atoms with E-state index in [9.17, 15) is 0 Å². The van der Waals surface area contributed by atoms with Crippen molar-refractivity contribution in [3.63, 3.8) is 0 Å². The number of aryl methyl sites for hydroxylation is 1. The Morgan fingerprint density at radius 2 is 2.05 bits per heavy atom. The molecule has 1 heterocycles. The summed E-state index contributed by atoms with van der Waals surface area (Å²) in [4.78, 5) is 8.89. The van der Waals surface area contributed by atoms with E-state index in [1.54, 1.807) is 0 Å². The summed E-state index contributed by atoms with van der Waals surface area (Å²) in [5, 5.41) is 3.24. The summed E-state index contributed by atoms with van der Waals surface area (Å²) >= 11 is 0. The van der Waals surface area contributed by atoms with Crippen molar-refractivity contribution in [3.8, 4) is 5.88 Å². The standard InChI is InChI=1S/C16H27N3O/c1-4-10-17-16-18-12(3)11-15(19-16)20-14-9-7-6-8-13(14)5-2/h11,13-14H,4-10H2,1-3H3,(H,17,18,19). The van der Waals surface area contributed by atoms with Gasteiger partial charge in [0.15, 0.2) is 0 Å². The molecule has 0 aromatic carbocycles. The van der Waals surface area contributed by atoms with Crippen molar-refractivity contribution in [1.82, 2.24) is 9.97 Å². The fraction of sp³-hybridized carbons (Fsp3) is 0.750. The molecule has 0 radical (unpaired) electrons. The summed E-state index contributed by atoms with van der Waals surface area (Å²) < 4.78 is 6.17. The number of ether oxygens (including phenoxy) is 1. The minimum Gasteiger partial charge on any atom is -0.474 e. The lowest BCUT2D eigenvalue weighted by Gasteiger charge is -2.30. The van der Waals surface area contributed by atoms with Crippen LogP contribution in [-0.4, -0.2) is 22.6 Å². The molecule has 2 atom stereocenters. The summed E-state index contributed by atoms with van der Waals surface area (Å²) in [6.07, 6.45) is 7.62. The maximum absolute atomic E-state index is 6.17. The van der Waals surface area contributed by atoms with E-state index in [4.69, 9.17) is 4.74 Å². The number of nitrogens with zero attached hydrogens (tertiary/aromatic N) is 2. The monoisotopic (exact) mass is 277 g/mol. The molecule has 0 bridgehead atoms. The van der Waals surface area contributed by atoms with Gasteiger partial charge in [0.2, 0.25) is 11.8 Å². The van der Waals surface area contributed by atoms with Gasteiger partial charge in [-0.1, -0.05) is 20.3 Å². The Morgan fingerprint density at radius 1 is 1.25 bits per heavy atom. The van der Waals surface area contributed by atoms with Crippen molar-refractivity contribution in [2.45, 2.75) is 65.4 Å². The Kier molecular flexibility index (Phi) is 5.62. The second-order valence-corrected chi connectivity index (χ2v) is 5.71. The third-order valence-electron chi connectivity index (χ3n) is 4.00. The molecule has 2 unspecified atom stereocenters. The van der Waals surface area contributed by atoms with Crippen LogP contribution < -0.4 is 10.1 Å². The summed E-state index contributed by atoms with van der Waals surface area (Å²) in [6, 6.07) is 1.94. The molecule has 1 aliphatic carbocycles. The highest BCUT2D eigenvalue weighted by Gasteiger charge is 2.25. The number of hydrogen-bond donors (Lipinski definition) is 1. The molecule has 0 aliphatic heterocycles. The van der Waals surface area contributed by atoms with Gasteiger partial charge in [-0.3, -0.25) is 0 Å². The van der Waals surface area contributed by atoms with Crippen LogP contribution in [-0.2, 0) is 0 Å². The van der Waals surface area contributed by atoms with E-state index in [-0.39, 0.29) is 0 Å². The van der Waals surface area contributed by atoms with Crippen LogP contribution in [0.4, 0.5) is 5.95 Å². The molecule has 1 aliphatic rings. The molecule has 1 fully saturated rings. The summed E-state index contributed by atoms with van der Waals surface area (Å²) in [6.45, 7) is 7.27. The van der Waals surface area contributed by atoms with Crippen LogP contribution >= 0.6 is 0 Å². The van der Waals surface area contributed by atoms with Crippen LogP contribution in [0.1, 0.15) is 58.1 Å². The molecule has 20 heavy (non-hydrogen) atoms. The molecule has 1 N–H and O–H groups in total. The fourth-order valence-corrected chi connectivity index (χ4v) is 2.87. The van der Waals surface area contributed by atoms with Crippen LogP contribution in [0.5, 0.6) is 5.88 Å². The molecule has 1 aromatic heterocycles. The largest absolute Gasteiger partial charge is 0.474 e. The molecule has 4 nitrogen and oxygen atoms in total. The molecular formula is C16H27N3O. The highest BCUT2D eigenvalue weighted by Crippen LogP contribution is 2.30. The first-order valence-corrected chi connectivity index (χ1v) is 7.99. The summed E-state index contributed by atoms with van der Waals surface area (Å²) in [7, 11) is 0. The van der Waals surface area contributed by atoms with E-state index in [1.165, 1.54) is 25.7 Å². The minimum atomic E-state index is 0.321. The SMILES string of the molecule is CCCNc1nc(C)cc(OC2CCCCC2CC)n1. The first kappa shape index (κ1) is 15.1. The van der Waals surface area contributed by atoms with Crippen molar-refractivity contribution in [3.05, 3.63) is 11.8 Å². The van der Waals surface area contributed by atoms with Crippen molar-refractivity contribution < 1.29 is 4.74 Å². The number of hydrogen-bond acceptors (Lipinski definition) is 4. The van der Waals surface area contributed by atoms with Crippen molar-refractivity contribution in [2.75, 3.05) is 11.9 Å². The molecular weight excluding hydrogens is 250 g/mol. The fourth-order valence-electron chi connectivity index (χ4n) is 2.87. The maximum atomic E-state index is 6.17. The zero-order valence-corrected chi connectivity index (χ0v) is 13.0. The van der Waals surface area contributed by atoms with Crippen molar-refractivity contribution >= 4 is 5.95 Å². The van der Waals surface area contributed by atoms with Gasteiger partial charge in [-0.15, -0.1) is 0 Å². The lowest BCUT2D eigenvalue weighted by atomic mass is 9.85. The molecule has 0 saturated heterocycles. The molecule has 112 valence electrons. The van der Waals surface area contributed by atoms with E-state index in [0.717, 1.165) is 31.0 Å². The third-order valence-corrected chi connectivity index (χ3v) is 4.00. The number of aromatic nitrogens is 2. The van der Waals surface area contributed by atoms with Crippen LogP contribution in [0.25, 0.3) is 0 Å². The molecule has 1 aromatic rings. The summed E-state index contributed by atoms with van der Waals surface area (Å²) in [5.74, 6) is 2.08. The molecule has 0 spiro atoms. The number of nitrogens with one attached hydrogen (secondary N) is 1. The lowest BCUT2D eigenvalue weighted by molar-refractivity contribution is 0.0858. The van der Waals surface area contributed by atoms with Crippen LogP contribution in [0.15, 0.2) is 6.07 Å². The first-order chi connectivity index (χ1) is 9.72. The maximum Gasteiger partial charge on any atom is 0.226 e. The van der Waals surface area contributed by atoms with Crippen LogP contribution in [0.2, 0.25) is 0 Å². The van der Waals surface area contributed by atoms with Crippen LogP contribution in [0.3, 0.4) is 0 Å². The second kappa shape index (κ2) is 7.46. The van der Waals surface area contributed by atoms with Gasteiger partial charge in [0.25, 0.3) is 0 Å². The predicted molar refractivity (Wildman–Crippen MR) is 82.2 cm³/mol. The Hall–Kier alpha value is -1.32. The van der Waals surface area contributed by atoms with Gasteiger partial charge in [-0.25, -0.2) is 4.98 Å². The van der Waals surface area contributed by atoms with Crippen molar-refractivity contribution in [2.24, 2.45) is 5.92 Å². The van der Waals surface area contributed by atoms with E-state index >= 15 is 0 Å². The minimum absolute atomic E-state index is 0.321. The molecule has 1 saturated carbocycles. The Balaban J connectivity index is 2.05. The zero-order chi connectivity index (χ0) is 14.4. The van der Waals surface area contributed by atoms with Crippen LogP contribution in [0, 0.1) is 12.8 Å². The quantitative estimate of drug-likeness (QED) is 0.855. The Labute approximate surface area is 122 Å². The zero-order valence-electron chi connectivity index (χ0n) is 13.0. The van der Waals surface area contributed by atoms with E-state index in [0.29, 0.717) is 18.0 Å². The highest BCUT2D eigenvalue weighted by molar-refractivity contribution is 5.30. The second-order valence-electron chi connectivity index (χ2n) is 5.71. The highest BCUT2D eigenvalue weighted by atomic mass is 16.5. The van der Waals surface area contributed by atoms with Gasteiger partial charge in [0, 0.05) is 18.3 Å². The molecule has 0 amide bonds. The van der Waals surface area contributed by atoms with Gasteiger partial charge in [0.1, 0.15) is 6.10 Å². The summed E-state index contributed by atoms with van der Waals surface area (Å²) in [5.41, 5.74) is 0.956. The number of rotatable bonds is 6.